The van der Waals surface area contributed by atoms with Crippen molar-refractivity contribution in [3.8, 4) is 11.4 Å². The van der Waals surface area contributed by atoms with Crippen LogP contribution in [-0.4, -0.2) is 158 Å². The minimum atomic E-state index is -3.10. The van der Waals surface area contributed by atoms with Gasteiger partial charge in [0, 0.05) is 44.9 Å². The predicted octanol–water partition coefficient (Wildman–Crippen LogP) is 3.34. The Morgan fingerprint density at radius 3 is 2.47 bits per heavy atom. The number of rotatable bonds is 11. The molecule has 324 valence electrons. The highest BCUT2D eigenvalue weighted by molar-refractivity contribution is 6.07. The fourth-order valence-corrected chi connectivity index (χ4v) is 8.66. The fraction of sp³-hybridized carbons (Fsp3) is 0.775. The third kappa shape index (κ3) is 9.84. The number of hydrogen-bond donors (Lipinski definition) is 2. The van der Waals surface area contributed by atoms with Crippen LogP contribution in [-0.2, 0) is 39.8 Å². The average Bonchev–Trinajstić information content (AvgIpc) is 3.76. The summed E-state index contributed by atoms with van der Waals surface area (Å²) in [6.45, 7) is 13.2. The van der Waals surface area contributed by atoms with E-state index in [0.29, 0.717) is 56.7 Å². The van der Waals surface area contributed by atoms with Crippen molar-refractivity contribution >= 4 is 17.8 Å². The molecule has 2 aromatic heterocycles. The molecule has 5 rings (SSSR count). The van der Waals surface area contributed by atoms with Crippen LogP contribution in [0.1, 0.15) is 87.0 Å². The Bertz CT molecular complexity index is 1700. The van der Waals surface area contributed by atoms with Crippen LogP contribution >= 0.6 is 0 Å². The van der Waals surface area contributed by atoms with Crippen LogP contribution in [0.15, 0.2) is 24.5 Å². The van der Waals surface area contributed by atoms with Crippen LogP contribution < -0.4 is 5.32 Å². The SMILES string of the molecule is CC[C@H]1OC(=O)C(C)(F)C(=O)C[C@@H](O[C@@H]2O[C@H](C)CC(N(C)C)C2O)[C@](C)(OC)C[C@@H](C)CN[C@H](C)[C@H]2N(CCCCn3cc(-c4cccnn4)nn3)C(=O)O[C@]12C. The number of hydrogen-bond acceptors (Lipinski definition) is 15. The number of likely N-dealkylation sites (N-methyl/N-ethyl adjacent to an activating group) is 1. The van der Waals surface area contributed by atoms with Crippen LogP contribution in [0, 0.1) is 5.92 Å². The number of alkyl halides is 1. The summed E-state index contributed by atoms with van der Waals surface area (Å²) in [5.74, 6) is -2.59. The second-order valence-corrected chi connectivity index (χ2v) is 17.0. The molecule has 0 bridgehead atoms. The van der Waals surface area contributed by atoms with E-state index in [1.807, 2.05) is 39.8 Å². The maximum atomic E-state index is 16.7. The van der Waals surface area contributed by atoms with Crippen LogP contribution in [0.3, 0.4) is 0 Å². The number of ketones is 1. The predicted molar refractivity (Wildman–Crippen MR) is 209 cm³/mol. The van der Waals surface area contributed by atoms with Gasteiger partial charge in [-0.15, -0.1) is 10.2 Å². The third-order valence-electron chi connectivity index (χ3n) is 12.1. The Labute approximate surface area is 340 Å². The number of fused-ring (bicyclic) bond motifs is 1. The highest BCUT2D eigenvalue weighted by Gasteiger charge is 2.59. The number of ether oxygens (including phenoxy) is 5. The first kappa shape index (κ1) is 45.4. The number of aromatic nitrogens is 5. The third-order valence-corrected chi connectivity index (χ3v) is 12.1. The van der Waals surface area contributed by atoms with Crippen molar-refractivity contribution in [1.29, 1.82) is 0 Å². The molecule has 2 aromatic rings. The number of amides is 1. The lowest BCUT2D eigenvalue weighted by molar-refractivity contribution is -0.289. The lowest BCUT2D eigenvalue weighted by Crippen LogP contribution is -2.61. The van der Waals surface area contributed by atoms with E-state index in [4.69, 9.17) is 23.7 Å². The molecule has 12 atom stereocenters. The number of methoxy groups -OCH3 is 1. The molecule has 3 saturated heterocycles. The molecule has 58 heavy (non-hydrogen) atoms. The molecule has 17 nitrogen and oxygen atoms in total. The van der Waals surface area contributed by atoms with E-state index in [1.54, 1.807) is 54.9 Å². The molecule has 3 fully saturated rings. The first-order valence-electron chi connectivity index (χ1n) is 20.4. The number of carbonyl (C=O) groups excluding carboxylic acids is 3. The molecule has 5 heterocycles. The number of nitrogens with one attached hydrogen (secondary N) is 1. The van der Waals surface area contributed by atoms with Gasteiger partial charge in [0.25, 0.3) is 5.67 Å². The van der Waals surface area contributed by atoms with Gasteiger partial charge in [-0.25, -0.2) is 14.0 Å². The molecule has 2 N–H and O–H groups in total. The smallest absolute Gasteiger partial charge is 0.410 e. The molecule has 3 aliphatic heterocycles. The number of carbonyl (C=O) groups is 3. The normalized spacial score (nSPS) is 36.9. The van der Waals surface area contributed by atoms with Crippen LogP contribution in [0.4, 0.5) is 9.18 Å². The maximum Gasteiger partial charge on any atom is 0.410 e. The second kappa shape index (κ2) is 18.7. The number of cyclic esters (lactones) is 1. The zero-order valence-electron chi connectivity index (χ0n) is 35.6. The van der Waals surface area contributed by atoms with Gasteiger partial charge in [-0.2, -0.15) is 5.10 Å². The van der Waals surface area contributed by atoms with Crippen molar-refractivity contribution in [3.63, 3.8) is 0 Å². The summed E-state index contributed by atoms with van der Waals surface area (Å²) >= 11 is 0. The van der Waals surface area contributed by atoms with E-state index in [-0.39, 0.29) is 24.5 Å². The van der Waals surface area contributed by atoms with E-state index < -0.39 is 77.8 Å². The molecule has 1 amide bonds. The monoisotopic (exact) mass is 818 g/mol. The summed E-state index contributed by atoms with van der Waals surface area (Å²) in [4.78, 5) is 45.0. The van der Waals surface area contributed by atoms with Crippen molar-refractivity contribution < 1.29 is 47.6 Å². The molecular weight excluding hydrogens is 755 g/mol. The van der Waals surface area contributed by atoms with Crippen molar-refractivity contribution in [2.24, 2.45) is 5.92 Å². The summed E-state index contributed by atoms with van der Waals surface area (Å²) in [6.07, 6.45) is -0.238. The van der Waals surface area contributed by atoms with E-state index in [1.165, 1.54) is 7.11 Å². The van der Waals surface area contributed by atoms with Crippen molar-refractivity contribution in [2.75, 3.05) is 34.3 Å². The minimum Gasteiger partial charge on any atom is -0.455 e. The molecule has 0 aliphatic carbocycles. The van der Waals surface area contributed by atoms with Gasteiger partial charge >= 0.3 is 12.1 Å². The number of Topliss-reactive ketones (excluding diaryl/α,β-unsaturated/α-hetero) is 1. The highest BCUT2D eigenvalue weighted by atomic mass is 19.1. The fourth-order valence-electron chi connectivity index (χ4n) is 8.66. The van der Waals surface area contributed by atoms with E-state index in [9.17, 15) is 19.5 Å². The number of aliphatic hydroxyl groups is 1. The standard InChI is InChI=1S/C40H63FN8O9/c1-11-31-40(7)34(49(37(53)58-40)18-13-12-17-48-23-28(45-46-48)27-15-14-16-43-44-27)26(4)42-22-24(2)21-38(5,54-10)32(20-30(50)39(6,41)36(52)57-31)56-35-33(51)29(47(8)9)19-25(3)55-35/h14-16,23-26,29,31-35,42,51H,11-13,17-22H2,1-10H3/t24-,25-,26-,29?,31-,32-,33?,34-,35+,38-,39?,40-/m1/s1. The summed E-state index contributed by atoms with van der Waals surface area (Å²) in [5.41, 5.74) is -4.50. The zero-order chi connectivity index (χ0) is 42.6. The van der Waals surface area contributed by atoms with Crippen molar-refractivity contribution in [3.05, 3.63) is 24.5 Å². The number of unbranched alkanes of at least 4 members (excludes halogenated alkanes) is 1. The van der Waals surface area contributed by atoms with Gasteiger partial charge in [0.1, 0.15) is 23.6 Å². The van der Waals surface area contributed by atoms with Gasteiger partial charge in [0.05, 0.1) is 30.0 Å². The summed E-state index contributed by atoms with van der Waals surface area (Å²) in [7, 11) is 5.19. The molecule has 0 aromatic carbocycles. The first-order valence-corrected chi connectivity index (χ1v) is 20.4. The topological polar surface area (TPSA) is 193 Å². The molecule has 3 unspecified atom stereocenters. The van der Waals surface area contributed by atoms with Crippen LogP contribution in [0.25, 0.3) is 11.4 Å². The molecule has 18 heteroatoms. The van der Waals surface area contributed by atoms with Gasteiger partial charge in [-0.05, 0) is 105 Å². The number of esters is 1. The maximum absolute atomic E-state index is 16.7. The summed E-state index contributed by atoms with van der Waals surface area (Å²) in [5, 5.41) is 31.3. The van der Waals surface area contributed by atoms with Gasteiger partial charge in [-0.1, -0.05) is 19.1 Å². The molecular formula is C40H63FN8O9. The Balaban J connectivity index is 1.38. The molecule has 0 saturated carbocycles. The largest absolute Gasteiger partial charge is 0.455 e. The molecule has 0 radical (unpaired) electrons. The van der Waals surface area contributed by atoms with Crippen molar-refractivity contribution in [2.45, 2.75) is 159 Å². The minimum absolute atomic E-state index is 0.104. The quantitative estimate of drug-likeness (QED) is 0.191. The number of aliphatic hydroxyl groups excluding tert-OH is 1. The van der Waals surface area contributed by atoms with Crippen LogP contribution in [0.5, 0.6) is 0 Å². The molecule has 0 spiro atoms. The van der Waals surface area contributed by atoms with Gasteiger partial charge in [0.15, 0.2) is 17.7 Å². The lowest BCUT2D eigenvalue weighted by Gasteiger charge is -2.45. The zero-order valence-corrected chi connectivity index (χ0v) is 35.6. The molecule has 3 aliphatic rings. The Kier molecular flexibility index (Phi) is 14.6. The van der Waals surface area contributed by atoms with E-state index >= 15 is 4.39 Å². The Morgan fingerprint density at radius 1 is 1.09 bits per heavy atom. The van der Waals surface area contributed by atoms with E-state index in [0.717, 1.165) is 6.92 Å². The number of halogens is 1. The van der Waals surface area contributed by atoms with Gasteiger partial charge in [-0.3, -0.25) is 14.4 Å². The van der Waals surface area contributed by atoms with Gasteiger partial charge < -0.3 is 39.0 Å². The van der Waals surface area contributed by atoms with Crippen molar-refractivity contribution in [1.82, 2.24) is 40.3 Å². The lowest BCUT2D eigenvalue weighted by atomic mass is 9.83. The second-order valence-electron chi connectivity index (χ2n) is 17.0. The number of nitrogens with zero attached hydrogens (tertiary/aromatic N) is 7. The average molecular weight is 819 g/mol. The Morgan fingerprint density at radius 2 is 1.81 bits per heavy atom. The highest BCUT2D eigenvalue weighted by Crippen LogP contribution is 2.40. The summed E-state index contributed by atoms with van der Waals surface area (Å²) in [6, 6.07) is 2.24. The van der Waals surface area contributed by atoms with Gasteiger partial charge in [0.2, 0.25) is 0 Å². The van der Waals surface area contributed by atoms with E-state index in [2.05, 4.69) is 25.8 Å². The number of aryl methyl sites for hydroxylation is 1. The Hall–Kier alpha value is -3.68. The first-order chi connectivity index (χ1) is 27.3. The van der Waals surface area contributed by atoms with Crippen LogP contribution in [0.2, 0.25) is 0 Å². The summed E-state index contributed by atoms with van der Waals surface area (Å²) < 4.78 is 48.9.